The smallest absolute Gasteiger partial charge is 0.0995 e. The first-order valence-electron chi connectivity index (χ1n) is 12.5. The molecule has 0 radical (unpaired) electrons. The molecular weight excluding hydrogens is 470 g/mol. The van der Waals surface area contributed by atoms with E-state index < -0.39 is 0 Å². The van der Waals surface area contributed by atoms with Crippen molar-refractivity contribution in [3.8, 4) is 17.2 Å². The van der Waals surface area contributed by atoms with E-state index in [1.807, 2.05) is 18.3 Å². The van der Waals surface area contributed by atoms with Gasteiger partial charge in [0.05, 0.1) is 23.4 Å². The Morgan fingerprint density at radius 3 is 2.60 bits per heavy atom. The fraction of sp³-hybridized carbons (Fsp3) is 0.400. The molecule has 2 aromatic carbocycles. The fourth-order valence-electron chi connectivity index (χ4n) is 5.03. The number of hydrogen-bond acceptors (Lipinski definition) is 4. The summed E-state index contributed by atoms with van der Waals surface area (Å²) in [7, 11) is 0. The van der Waals surface area contributed by atoms with E-state index in [0.717, 1.165) is 48.8 Å². The van der Waals surface area contributed by atoms with Gasteiger partial charge >= 0.3 is 0 Å². The topological polar surface area (TPSA) is 48.7 Å². The molecule has 1 heterocycles. The maximum Gasteiger partial charge on any atom is 0.0995 e. The number of benzene rings is 2. The number of unbranched alkanes of at least 4 members (excludes halogenated alkanes) is 1. The lowest BCUT2D eigenvalue weighted by Gasteiger charge is -2.28. The van der Waals surface area contributed by atoms with Crippen molar-refractivity contribution < 1.29 is 0 Å². The maximum atomic E-state index is 9.78. The van der Waals surface area contributed by atoms with Crippen molar-refractivity contribution in [3.63, 3.8) is 0 Å². The molecule has 1 unspecified atom stereocenters. The first kappa shape index (κ1) is 25.8. The first-order chi connectivity index (χ1) is 16.9. The van der Waals surface area contributed by atoms with Crippen molar-refractivity contribution in [2.45, 2.75) is 70.8 Å². The molecule has 0 saturated heterocycles. The van der Waals surface area contributed by atoms with Gasteiger partial charge in [-0.1, -0.05) is 75.0 Å². The summed E-state index contributed by atoms with van der Waals surface area (Å²) in [6, 6.07) is 17.9. The number of hydrogen-bond donors (Lipinski definition) is 1. The Labute approximate surface area is 219 Å². The van der Waals surface area contributed by atoms with Crippen molar-refractivity contribution in [1.29, 1.82) is 5.26 Å². The minimum atomic E-state index is -0.276. The Morgan fingerprint density at radius 1 is 1.14 bits per heavy atom. The fourth-order valence-corrected chi connectivity index (χ4v) is 5.86. The van der Waals surface area contributed by atoms with Crippen molar-refractivity contribution >= 4 is 23.5 Å². The van der Waals surface area contributed by atoms with Crippen molar-refractivity contribution in [2.75, 3.05) is 6.26 Å². The number of aryl methyl sites for hydroxylation is 1. The number of fused-ring (bicyclic) bond motifs is 1. The third-order valence-corrected chi connectivity index (χ3v) is 8.15. The van der Waals surface area contributed by atoms with E-state index in [2.05, 4.69) is 68.2 Å². The van der Waals surface area contributed by atoms with Crippen molar-refractivity contribution in [3.05, 3.63) is 87.2 Å². The Balaban J connectivity index is 1.61. The third kappa shape index (κ3) is 5.43. The van der Waals surface area contributed by atoms with E-state index in [9.17, 15) is 5.26 Å². The minimum absolute atomic E-state index is 0.276. The quantitative estimate of drug-likeness (QED) is 0.315. The van der Waals surface area contributed by atoms with Gasteiger partial charge in [-0.15, -0.1) is 0 Å². The van der Waals surface area contributed by atoms with Gasteiger partial charge < -0.3 is 0 Å². The molecule has 0 amide bonds. The van der Waals surface area contributed by atoms with Crippen LogP contribution >= 0.6 is 23.5 Å². The van der Waals surface area contributed by atoms with Crippen LogP contribution in [0.1, 0.15) is 86.0 Å². The van der Waals surface area contributed by atoms with Gasteiger partial charge in [0.2, 0.25) is 0 Å². The molecule has 1 atom stereocenters. The molecule has 182 valence electrons. The summed E-state index contributed by atoms with van der Waals surface area (Å²) in [6.07, 6.45) is 10.4. The molecule has 0 aliphatic heterocycles. The highest BCUT2D eigenvalue weighted by Gasteiger charge is 2.26. The van der Waals surface area contributed by atoms with Crippen LogP contribution in [-0.2, 0) is 18.3 Å². The SMILES string of the molecule is CCCCc1c(Cl)cc(C(C)(C)c2ccc(-c3cnc4c(c3)CCCC4NSC)cc2)cc1C#N. The van der Waals surface area contributed by atoms with E-state index in [1.54, 1.807) is 11.9 Å². The van der Waals surface area contributed by atoms with Crippen LogP contribution < -0.4 is 4.72 Å². The number of nitrogens with zero attached hydrogens (tertiary/aromatic N) is 2. The molecule has 35 heavy (non-hydrogen) atoms. The van der Waals surface area contributed by atoms with E-state index >= 15 is 0 Å². The molecule has 0 saturated carbocycles. The largest absolute Gasteiger partial charge is 0.259 e. The zero-order chi connectivity index (χ0) is 25.0. The maximum absolute atomic E-state index is 9.78. The molecule has 1 aliphatic carbocycles. The number of nitriles is 1. The Bertz CT molecular complexity index is 1230. The van der Waals surface area contributed by atoms with Gasteiger partial charge in [0.1, 0.15) is 0 Å². The molecule has 0 spiro atoms. The van der Waals surface area contributed by atoms with Crippen LogP contribution in [0.4, 0.5) is 0 Å². The van der Waals surface area contributed by atoms with Crippen LogP contribution in [0.5, 0.6) is 0 Å². The van der Waals surface area contributed by atoms with Gasteiger partial charge in [-0.05, 0) is 84.4 Å². The molecule has 3 aromatic rings. The highest BCUT2D eigenvalue weighted by Crippen LogP contribution is 2.37. The van der Waals surface area contributed by atoms with Gasteiger partial charge in [-0.2, -0.15) is 5.26 Å². The van der Waals surface area contributed by atoms with Crippen molar-refractivity contribution in [1.82, 2.24) is 9.71 Å². The van der Waals surface area contributed by atoms with Gasteiger partial charge in [-0.3, -0.25) is 9.71 Å². The van der Waals surface area contributed by atoms with Crippen LogP contribution in [-0.4, -0.2) is 11.2 Å². The number of aromatic nitrogens is 1. The Morgan fingerprint density at radius 2 is 1.91 bits per heavy atom. The lowest BCUT2D eigenvalue weighted by Crippen LogP contribution is -2.21. The molecule has 0 fully saturated rings. The lowest BCUT2D eigenvalue weighted by atomic mass is 9.76. The minimum Gasteiger partial charge on any atom is -0.259 e. The summed E-state index contributed by atoms with van der Waals surface area (Å²) < 4.78 is 3.49. The van der Waals surface area contributed by atoms with Crippen LogP contribution in [0.3, 0.4) is 0 Å². The molecule has 1 aliphatic rings. The Hall–Kier alpha value is -2.32. The zero-order valence-electron chi connectivity index (χ0n) is 21.1. The van der Waals surface area contributed by atoms with Gasteiger partial charge in [0, 0.05) is 22.2 Å². The van der Waals surface area contributed by atoms with Crippen LogP contribution in [0, 0.1) is 11.3 Å². The molecular formula is C30H34ClN3S. The number of nitrogens with one attached hydrogen (secondary N) is 1. The molecule has 4 rings (SSSR count). The molecule has 5 heteroatoms. The van der Waals surface area contributed by atoms with Crippen molar-refractivity contribution in [2.24, 2.45) is 0 Å². The van der Waals surface area contributed by atoms with E-state index in [4.69, 9.17) is 16.6 Å². The monoisotopic (exact) mass is 503 g/mol. The predicted molar refractivity (Wildman–Crippen MR) is 149 cm³/mol. The van der Waals surface area contributed by atoms with E-state index in [1.165, 1.54) is 28.8 Å². The second kappa shape index (κ2) is 11.2. The van der Waals surface area contributed by atoms with E-state index in [0.29, 0.717) is 16.6 Å². The lowest BCUT2D eigenvalue weighted by molar-refractivity contribution is 0.528. The van der Waals surface area contributed by atoms with Crippen LogP contribution in [0.15, 0.2) is 48.7 Å². The summed E-state index contributed by atoms with van der Waals surface area (Å²) in [5, 5.41) is 10.5. The molecule has 1 aromatic heterocycles. The predicted octanol–water partition coefficient (Wildman–Crippen LogP) is 8.19. The highest BCUT2D eigenvalue weighted by atomic mass is 35.5. The second-order valence-corrected chi connectivity index (χ2v) is 11.0. The second-order valence-electron chi connectivity index (χ2n) is 9.94. The average Bonchev–Trinajstić information content (AvgIpc) is 2.87. The molecule has 0 bridgehead atoms. The summed E-state index contributed by atoms with van der Waals surface area (Å²) >= 11 is 8.34. The summed E-state index contributed by atoms with van der Waals surface area (Å²) in [6.45, 7) is 6.54. The third-order valence-electron chi connectivity index (χ3n) is 7.29. The van der Waals surface area contributed by atoms with Gasteiger partial charge in [0.15, 0.2) is 0 Å². The van der Waals surface area contributed by atoms with Gasteiger partial charge in [-0.25, -0.2) is 0 Å². The van der Waals surface area contributed by atoms with Gasteiger partial charge in [0.25, 0.3) is 0 Å². The summed E-state index contributed by atoms with van der Waals surface area (Å²) in [5.41, 5.74) is 8.53. The number of rotatable bonds is 8. The molecule has 3 nitrogen and oxygen atoms in total. The normalized spacial score (nSPS) is 15.5. The standard InChI is InChI=1S/C30H34ClN3S/c1-5-6-9-26-22(18-32)16-25(17-27(26)31)30(2,3)24-13-11-20(12-14-24)23-15-21-8-7-10-28(34-35-4)29(21)33-19-23/h11-17,19,28,34H,5-10H2,1-4H3. The summed E-state index contributed by atoms with van der Waals surface area (Å²) in [5.74, 6) is 0. The van der Waals surface area contributed by atoms with E-state index in [-0.39, 0.29) is 5.41 Å². The first-order valence-corrected chi connectivity index (χ1v) is 14.1. The Kier molecular flexibility index (Phi) is 8.22. The average molecular weight is 504 g/mol. The molecule has 1 N–H and O–H groups in total. The summed E-state index contributed by atoms with van der Waals surface area (Å²) in [4.78, 5) is 4.85. The van der Waals surface area contributed by atoms with Crippen LogP contribution in [0.25, 0.3) is 11.1 Å². The van der Waals surface area contributed by atoms with Crippen LogP contribution in [0.2, 0.25) is 5.02 Å². The number of halogens is 1. The highest BCUT2D eigenvalue weighted by molar-refractivity contribution is 7.96. The number of pyridine rings is 1. The zero-order valence-corrected chi connectivity index (χ0v) is 22.7.